The van der Waals surface area contributed by atoms with Gasteiger partial charge in [0.1, 0.15) is 5.75 Å². The van der Waals surface area contributed by atoms with Crippen molar-refractivity contribution in [1.82, 2.24) is 4.90 Å². The van der Waals surface area contributed by atoms with E-state index in [2.05, 4.69) is 18.7 Å². The summed E-state index contributed by atoms with van der Waals surface area (Å²) in [5.41, 5.74) is 0.163. The Bertz CT molecular complexity index is 426. The summed E-state index contributed by atoms with van der Waals surface area (Å²) in [7, 11) is 1.65. The average molecular weight is 293 g/mol. The third-order valence-electron chi connectivity index (χ3n) is 4.46. The molecule has 0 amide bonds. The van der Waals surface area contributed by atoms with Crippen LogP contribution in [0.15, 0.2) is 24.3 Å². The monoisotopic (exact) mass is 293 g/mol. The first-order chi connectivity index (χ1) is 10.1. The molecule has 1 aliphatic rings. The molecule has 0 aliphatic carbocycles. The summed E-state index contributed by atoms with van der Waals surface area (Å²) in [4.78, 5) is 2.36. The topological polar surface area (TPSA) is 41.9 Å². The van der Waals surface area contributed by atoms with E-state index in [1.807, 2.05) is 24.3 Å². The molecule has 1 saturated heterocycles. The number of rotatable bonds is 6. The van der Waals surface area contributed by atoms with Crippen LogP contribution >= 0.6 is 0 Å². The van der Waals surface area contributed by atoms with Crippen LogP contribution in [0.1, 0.15) is 25.8 Å². The number of ether oxygens (including phenoxy) is 2. The molecule has 0 aromatic heterocycles. The molecule has 0 bridgehead atoms. The van der Waals surface area contributed by atoms with Crippen molar-refractivity contribution in [2.75, 3.05) is 40.0 Å². The van der Waals surface area contributed by atoms with E-state index in [9.17, 15) is 5.11 Å². The highest BCUT2D eigenvalue weighted by atomic mass is 16.5. The molecular formula is C17H27NO3. The molecule has 0 radical (unpaired) electrons. The lowest BCUT2D eigenvalue weighted by Crippen LogP contribution is -2.41. The van der Waals surface area contributed by atoms with Crippen LogP contribution < -0.4 is 4.74 Å². The Morgan fingerprint density at radius 1 is 1.24 bits per heavy atom. The Morgan fingerprint density at radius 2 is 1.86 bits per heavy atom. The molecule has 4 heteroatoms. The van der Waals surface area contributed by atoms with Crippen LogP contribution in [0.25, 0.3) is 0 Å². The molecule has 1 aromatic carbocycles. The number of methoxy groups -OCH3 is 1. The van der Waals surface area contributed by atoms with Crippen molar-refractivity contribution in [2.24, 2.45) is 5.92 Å². The normalized spacial score (nSPS) is 19.5. The summed E-state index contributed by atoms with van der Waals surface area (Å²) >= 11 is 0. The standard InChI is InChI=1S/C17H27NO3/c1-14(2)17(19,8-9-18-10-12-21-13-11-18)15-4-6-16(20-3)7-5-15/h4-7,14,19H,8-13H2,1-3H3/t17-/m1/s1. The van der Waals surface area contributed by atoms with Crippen molar-refractivity contribution in [1.29, 1.82) is 0 Å². The van der Waals surface area contributed by atoms with Crippen LogP contribution in [0.2, 0.25) is 0 Å². The van der Waals surface area contributed by atoms with Crippen LogP contribution in [-0.2, 0) is 10.3 Å². The molecule has 1 N–H and O–H groups in total. The molecule has 118 valence electrons. The van der Waals surface area contributed by atoms with E-state index in [-0.39, 0.29) is 5.92 Å². The second kappa shape index (κ2) is 7.25. The van der Waals surface area contributed by atoms with E-state index in [0.717, 1.165) is 50.6 Å². The van der Waals surface area contributed by atoms with E-state index in [1.165, 1.54) is 0 Å². The lowest BCUT2D eigenvalue weighted by molar-refractivity contribution is -0.0358. The number of nitrogens with zero attached hydrogens (tertiary/aromatic N) is 1. The Morgan fingerprint density at radius 3 is 2.38 bits per heavy atom. The fourth-order valence-corrected chi connectivity index (χ4v) is 2.80. The zero-order valence-corrected chi connectivity index (χ0v) is 13.3. The Hall–Kier alpha value is -1.10. The molecule has 1 heterocycles. The lowest BCUT2D eigenvalue weighted by atomic mass is 9.80. The van der Waals surface area contributed by atoms with Gasteiger partial charge in [-0.05, 0) is 30.0 Å². The Labute approximate surface area is 127 Å². The minimum Gasteiger partial charge on any atom is -0.497 e. The molecule has 0 unspecified atom stereocenters. The van der Waals surface area contributed by atoms with Crippen molar-refractivity contribution < 1.29 is 14.6 Å². The summed E-state index contributed by atoms with van der Waals surface area (Å²) in [6.45, 7) is 8.54. The molecule has 0 saturated carbocycles. The number of morpholine rings is 1. The Kier molecular flexibility index (Phi) is 5.62. The van der Waals surface area contributed by atoms with Gasteiger partial charge in [0.25, 0.3) is 0 Å². The molecular weight excluding hydrogens is 266 g/mol. The molecule has 4 nitrogen and oxygen atoms in total. The van der Waals surface area contributed by atoms with Gasteiger partial charge in [-0.15, -0.1) is 0 Å². The zero-order valence-electron chi connectivity index (χ0n) is 13.3. The van der Waals surface area contributed by atoms with E-state index >= 15 is 0 Å². The third kappa shape index (κ3) is 3.96. The molecule has 1 atom stereocenters. The molecule has 0 spiro atoms. The molecule has 21 heavy (non-hydrogen) atoms. The highest BCUT2D eigenvalue weighted by Gasteiger charge is 2.33. The van der Waals surface area contributed by atoms with Crippen LogP contribution in [0.5, 0.6) is 5.75 Å². The van der Waals surface area contributed by atoms with Gasteiger partial charge in [-0.3, -0.25) is 4.90 Å². The van der Waals surface area contributed by atoms with E-state index in [0.29, 0.717) is 0 Å². The minimum atomic E-state index is -0.801. The van der Waals surface area contributed by atoms with E-state index in [1.54, 1.807) is 7.11 Å². The lowest BCUT2D eigenvalue weighted by Gasteiger charge is -2.36. The summed E-state index contributed by atoms with van der Waals surface area (Å²) in [6, 6.07) is 7.77. The number of hydrogen-bond acceptors (Lipinski definition) is 4. The van der Waals surface area contributed by atoms with Gasteiger partial charge in [0.2, 0.25) is 0 Å². The second-order valence-electron chi connectivity index (χ2n) is 6.01. The van der Waals surface area contributed by atoms with Crippen molar-refractivity contribution in [3.63, 3.8) is 0 Å². The quantitative estimate of drug-likeness (QED) is 0.873. The average Bonchev–Trinajstić information content (AvgIpc) is 2.53. The van der Waals surface area contributed by atoms with Crippen molar-refractivity contribution in [2.45, 2.75) is 25.9 Å². The van der Waals surface area contributed by atoms with Crippen LogP contribution in [0.3, 0.4) is 0 Å². The third-order valence-corrected chi connectivity index (χ3v) is 4.46. The first-order valence-electron chi connectivity index (χ1n) is 7.73. The molecule has 1 fully saturated rings. The number of benzene rings is 1. The van der Waals surface area contributed by atoms with E-state index in [4.69, 9.17) is 9.47 Å². The van der Waals surface area contributed by atoms with Gasteiger partial charge in [0.05, 0.1) is 25.9 Å². The molecule has 2 rings (SSSR count). The maximum absolute atomic E-state index is 11.2. The predicted molar refractivity (Wildman–Crippen MR) is 83.6 cm³/mol. The maximum Gasteiger partial charge on any atom is 0.118 e. The van der Waals surface area contributed by atoms with Crippen LogP contribution in [-0.4, -0.2) is 50.0 Å². The summed E-state index contributed by atoms with van der Waals surface area (Å²) in [5.74, 6) is 0.977. The number of aliphatic hydroxyl groups is 1. The SMILES string of the molecule is COc1ccc([C@@](O)(CCN2CCOCC2)C(C)C)cc1. The summed E-state index contributed by atoms with van der Waals surface area (Å²) < 4.78 is 10.6. The number of hydrogen-bond donors (Lipinski definition) is 1. The summed E-state index contributed by atoms with van der Waals surface area (Å²) in [6.07, 6.45) is 0.733. The van der Waals surface area contributed by atoms with Gasteiger partial charge < -0.3 is 14.6 Å². The first kappa shape index (κ1) is 16.3. The zero-order chi connectivity index (χ0) is 15.3. The largest absolute Gasteiger partial charge is 0.497 e. The smallest absolute Gasteiger partial charge is 0.118 e. The maximum atomic E-state index is 11.2. The minimum absolute atomic E-state index is 0.159. The first-order valence-corrected chi connectivity index (χ1v) is 7.73. The summed E-state index contributed by atoms with van der Waals surface area (Å²) in [5, 5.41) is 11.2. The van der Waals surface area contributed by atoms with Crippen molar-refractivity contribution in [3.05, 3.63) is 29.8 Å². The van der Waals surface area contributed by atoms with Gasteiger partial charge in [-0.1, -0.05) is 26.0 Å². The highest BCUT2D eigenvalue weighted by Crippen LogP contribution is 2.34. The fourth-order valence-electron chi connectivity index (χ4n) is 2.80. The highest BCUT2D eigenvalue weighted by molar-refractivity contribution is 5.31. The van der Waals surface area contributed by atoms with Crippen molar-refractivity contribution >= 4 is 0 Å². The van der Waals surface area contributed by atoms with Crippen LogP contribution in [0.4, 0.5) is 0 Å². The molecule has 1 aliphatic heterocycles. The van der Waals surface area contributed by atoms with Gasteiger partial charge in [0, 0.05) is 19.6 Å². The predicted octanol–water partition coefficient (Wildman–Crippen LogP) is 2.26. The fraction of sp³-hybridized carbons (Fsp3) is 0.647. The van der Waals surface area contributed by atoms with E-state index < -0.39 is 5.60 Å². The Balaban J connectivity index is 2.07. The van der Waals surface area contributed by atoms with Crippen molar-refractivity contribution in [3.8, 4) is 5.75 Å². The van der Waals surface area contributed by atoms with Gasteiger partial charge in [-0.25, -0.2) is 0 Å². The molecule has 1 aromatic rings. The second-order valence-corrected chi connectivity index (χ2v) is 6.01. The van der Waals surface area contributed by atoms with Gasteiger partial charge in [0.15, 0.2) is 0 Å². The van der Waals surface area contributed by atoms with Crippen LogP contribution in [0, 0.1) is 5.92 Å². The van der Waals surface area contributed by atoms with Gasteiger partial charge >= 0.3 is 0 Å². The van der Waals surface area contributed by atoms with Gasteiger partial charge in [-0.2, -0.15) is 0 Å².